The van der Waals surface area contributed by atoms with E-state index in [0.29, 0.717) is 12.6 Å². The maximum Gasteiger partial charge on any atom is 0.324 e. The monoisotopic (exact) mass is 248 g/mol. The predicted octanol–water partition coefficient (Wildman–Crippen LogP) is 1.02. The van der Waals surface area contributed by atoms with E-state index in [1.807, 2.05) is 18.2 Å². The SMILES string of the molecule is COC(=O)C1CN(Cc2ccccc2)C[C@@H](C)N1. The van der Waals surface area contributed by atoms with Crippen LogP contribution in [0, 0.1) is 0 Å². The Kier molecular flexibility index (Phi) is 4.33. The zero-order chi connectivity index (χ0) is 13.0. The fourth-order valence-corrected chi connectivity index (χ4v) is 2.42. The molecule has 0 radical (unpaired) electrons. The number of esters is 1. The highest BCUT2D eigenvalue weighted by Gasteiger charge is 2.29. The van der Waals surface area contributed by atoms with Gasteiger partial charge in [-0.3, -0.25) is 15.0 Å². The third-order valence-corrected chi connectivity index (χ3v) is 3.19. The lowest BCUT2D eigenvalue weighted by molar-refractivity contribution is -0.144. The Hall–Kier alpha value is -1.39. The van der Waals surface area contributed by atoms with Gasteiger partial charge < -0.3 is 4.74 Å². The van der Waals surface area contributed by atoms with Gasteiger partial charge >= 0.3 is 5.97 Å². The quantitative estimate of drug-likeness (QED) is 0.811. The number of carbonyl (C=O) groups is 1. The summed E-state index contributed by atoms with van der Waals surface area (Å²) in [6, 6.07) is 10.4. The molecule has 0 amide bonds. The van der Waals surface area contributed by atoms with Crippen molar-refractivity contribution in [2.45, 2.75) is 25.6 Å². The van der Waals surface area contributed by atoms with Crippen molar-refractivity contribution >= 4 is 5.97 Å². The summed E-state index contributed by atoms with van der Waals surface area (Å²) in [5.74, 6) is -0.181. The summed E-state index contributed by atoms with van der Waals surface area (Å²) in [4.78, 5) is 13.9. The minimum atomic E-state index is -0.220. The standard InChI is InChI=1S/C14H20N2O2/c1-11-8-16(9-12-6-4-3-5-7-12)10-13(15-11)14(17)18-2/h3-7,11,13,15H,8-10H2,1-2H3/t11-,13?/m1/s1. The number of carbonyl (C=O) groups excluding carboxylic acids is 1. The summed E-state index contributed by atoms with van der Waals surface area (Å²) in [7, 11) is 1.44. The molecule has 1 saturated heterocycles. The Morgan fingerprint density at radius 1 is 1.39 bits per heavy atom. The molecule has 98 valence electrons. The third-order valence-electron chi connectivity index (χ3n) is 3.19. The smallest absolute Gasteiger partial charge is 0.324 e. The summed E-state index contributed by atoms with van der Waals surface area (Å²) in [6.45, 7) is 4.61. The van der Waals surface area contributed by atoms with Crippen LogP contribution in [0.1, 0.15) is 12.5 Å². The second-order valence-electron chi connectivity index (χ2n) is 4.82. The number of methoxy groups -OCH3 is 1. The molecule has 1 N–H and O–H groups in total. The van der Waals surface area contributed by atoms with Crippen LogP contribution in [-0.2, 0) is 16.1 Å². The summed E-state index contributed by atoms with van der Waals surface area (Å²) in [5, 5.41) is 3.27. The van der Waals surface area contributed by atoms with Crippen LogP contribution in [0.15, 0.2) is 30.3 Å². The lowest BCUT2D eigenvalue weighted by Gasteiger charge is -2.36. The lowest BCUT2D eigenvalue weighted by Crippen LogP contribution is -2.58. The molecule has 1 fully saturated rings. The molecule has 1 aromatic rings. The van der Waals surface area contributed by atoms with Crippen molar-refractivity contribution in [3.8, 4) is 0 Å². The Balaban J connectivity index is 1.98. The van der Waals surface area contributed by atoms with Crippen LogP contribution < -0.4 is 5.32 Å². The highest BCUT2D eigenvalue weighted by Crippen LogP contribution is 2.10. The number of hydrogen-bond donors (Lipinski definition) is 1. The topological polar surface area (TPSA) is 41.6 Å². The molecule has 2 atom stereocenters. The van der Waals surface area contributed by atoms with Gasteiger partial charge in [-0.2, -0.15) is 0 Å². The molecule has 4 heteroatoms. The van der Waals surface area contributed by atoms with Crippen LogP contribution in [0.4, 0.5) is 0 Å². The van der Waals surface area contributed by atoms with Crippen LogP contribution in [-0.4, -0.2) is 43.2 Å². The molecule has 1 aliphatic rings. The molecule has 1 heterocycles. The first kappa shape index (κ1) is 13.1. The average molecular weight is 248 g/mol. The molecule has 1 unspecified atom stereocenters. The minimum Gasteiger partial charge on any atom is -0.468 e. The number of nitrogens with zero attached hydrogens (tertiary/aromatic N) is 1. The van der Waals surface area contributed by atoms with Crippen molar-refractivity contribution in [3.05, 3.63) is 35.9 Å². The zero-order valence-electron chi connectivity index (χ0n) is 10.9. The number of hydrogen-bond acceptors (Lipinski definition) is 4. The Morgan fingerprint density at radius 3 is 2.78 bits per heavy atom. The highest BCUT2D eigenvalue weighted by atomic mass is 16.5. The van der Waals surface area contributed by atoms with E-state index in [1.165, 1.54) is 12.7 Å². The Morgan fingerprint density at radius 2 is 2.11 bits per heavy atom. The largest absolute Gasteiger partial charge is 0.468 e. The van der Waals surface area contributed by atoms with E-state index in [9.17, 15) is 4.79 Å². The van der Waals surface area contributed by atoms with Crippen molar-refractivity contribution in [3.63, 3.8) is 0 Å². The maximum absolute atomic E-state index is 11.6. The minimum absolute atomic E-state index is 0.181. The number of rotatable bonds is 3. The van der Waals surface area contributed by atoms with E-state index < -0.39 is 0 Å². The summed E-state index contributed by atoms with van der Waals surface area (Å²) in [5.41, 5.74) is 1.27. The van der Waals surface area contributed by atoms with Gasteiger partial charge in [-0.05, 0) is 12.5 Å². The van der Waals surface area contributed by atoms with Crippen LogP contribution in [0.25, 0.3) is 0 Å². The van der Waals surface area contributed by atoms with Gasteiger partial charge in [0.2, 0.25) is 0 Å². The van der Waals surface area contributed by atoms with Gasteiger partial charge in [-0.25, -0.2) is 0 Å². The number of piperazine rings is 1. The lowest BCUT2D eigenvalue weighted by atomic mass is 10.1. The van der Waals surface area contributed by atoms with Gasteiger partial charge in [-0.1, -0.05) is 30.3 Å². The second kappa shape index (κ2) is 5.98. The molecule has 0 bridgehead atoms. The van der Waals surface area contributed by atoms with Gasteiger partial charge in [0.05, 0.1) is 7.11 Å². The van der Waals surface area contributed by atoms with Crippen molar-refractivity contribution in [2.24, 2.45) is 0 Å². The van der Waals surface area contributed by atoms with E-state index in [-0.39, 0.29) is 12.0 Å². The van der Waals surface area contributed by atoms with Crippen molar-refractivity contribution in [2.75, 3.05) is 20.2 Å². The number of benzene rings is 1. The molecule has 1 aliphatic heterocycles. The van der Waals surface area contributed by atoms with Crippen LogP contribution in [0.3, 0.4) is 0 Å². The molecule has 0 saturated carbocycles. The number of nitrogens with one attached hydrogen (secondary N) is 1. The summed E-state index contributed by atoms with van der Waals surface area (Å²) < 4.78 is 4.81. The molecule has 0 aliphatic carbocycles. The van der Waals surface area contributed by atoms with E-state index in [1.54, 1.807) is 0 Å². The zero-order valence-corrected chi connectivity index (χ0v) is 10.9. The van der Waals surface area contributed by atoms with Crippen molar-refractivity contribution < 1.29 is 9.53 Å². The first-order chi connectivity index (χ1) is 8.69. The summed E-state index contributed by atoms with van der Waals surface area (Å²) >= 11 is 0. The van der Waals surface area contributed by atoms with Gasteiger partial charge in [0, 0.05) is 25.7 Å². The normalized spacial score (nSPS) is 24.8. The van der Waals surface area contributed by atoms with Crippen molar-refractivity contribution in [1.29, 1.82) is 0 Å². The van der Waals surface area contributed by atoms with Crippen molar-refractivity contribution in [1.82, 2.24) is 10.2 Å². The van der Waals surface area contributed by atoms with E-state index in [2.05, 4.69) is 29.3 Å². The van der Waals surface area contributed by atoms with Crippen LogP contribution in [0.2, 0.25) is 0 Å². The molecule has 2 rings (SSSR count). The predicted molar refractivity (Wildman–Crippen MR) is 70.1 cm³/mol. The molecule has 1 aromatic carbocycles. The fourth-order valence-electron chi connectivity index (χ4n) is 2.42. The molecule has 0 aromatic heterocycles. The first-order valence-corrected chi connectivity index (χ1v) is 6.29. The van der Waals surface area contributed by atoms with Crippen LogP contribution >= 0.6 is 0 Å². The van der Waals surface area contributed by atoms with Gasteiger partial charge in [0.1, 0.15) is 6.04 Å². The van der Waals surface area contributed by atoms with E-state index in [0.717, 1.165) is 13.1 Å². The fraction of sp³-hybridized carbons (Fsp3) is 0.500. The third kappa shape index (κ3) is 3.31. The molecule has 4 nitrogen and oxygen atoms in total. The molecular formula is C14H20N2O2. The van der Waals surface area contributed by atoms with E-state index in [4.69, 9.17) is 4.74 Å². The average Bonchev–Trinajstić information content (AvgIpc) is 2.38. The van der Waals surface area contributed by atoms with Crippen LogP contribution in [0.5, 0.6) is 0 Å². The molecular weight excluding hydrogens is 228 g/mol. The molecule has 0 spiro atoms. The second-order valence-corrected chi connectivity index (χ2v) is 4.82. The molecule has 18 heavy (non-hydrogen) atoms. The Labute approximate surface area is 108 Å². The summed E-state index contributed by atoms with van der Waals surface area (Å²) in [6.07, 6.45) is 0. The van der Waals surface area contributed by atoms with Gasteiger partial charge in [-0.15, -0.1) is 0 Å². The van der Waals surface area contributed by atoms with Gasteiger partial charge in [0.25, 0.3) is 0 Å². The first-order valence-electron chi connectivity index (χ1n) is 6.29. The Bertz CT molecular complexity index is 394. The van der Waals surface area contributed by atoms with E-state index >= 15 is 0 Å². The highest BCUT2D eigenvalue weighted by molar-refractivity contribution is 5.76. The number of ether oxygens (including phenoxy) is 1. The maximum atomic E-state index is 11.6. The van der Waals surface area contributed by atoms with Gasteiger partial charge in [0.15, 0.2) is 0 Å².